The highest BCUT2D eigenvalue weighted by atomic mass is 16.7. The van der Waals surface area contributed by atoms with Crippen LogP contribution in [-0.4, -0.2) is 139 Å². The summed E-state index contributed by atoms with van der Waals surface area (Å²) < 4.78 is 16.0. The monoisotopic (exact) mass is 492 g/mol. The number of hydrogen-bond acceptors (Lipinski definition) is 13. The molecule has 1 unspecified atom stereocenters. The summed E-state index contributed by atoms with van der Waals surface area (Å²) in [6.07, 6.45) is -14.3. The van der Waals surface area contributed by atoms with Gasteiger partial charge in [0.05, 0.1) is 13.2 Å². The van der Waals surface area contributed by atoms with Gasteiger partial charge >= 0.3 is 0 Å². The normalized spacial score (nSPS) is 40.6. The zero-order valence-electron chi connectivity index (χ0n) is 17.8. The number of hydrogen-bond donors (Lipinski definition) is 8. The molecule has 0 radical (unpaired) electrons. The van der Waals surface area contributed by atoms with Gasteiger partial charge in [0.1, 0.15) is 48.8 Å². The van der Waals surface area contributed by atoms with E-state index < -0.39 is 92.3 Å². The molecule has 0 aromatic heterocycles. The van der Waals surface area contributed by atoms with Crippen LogP contribution in [0.1, 0.15) is 6.42 Å². The van der Waals surface area contributed by atoms with Crippen LogP contribution in [0, 0.1) is 0 Å². The van der Waals surface area contributed by atoms with Crippen LogP contribution in [0.25, 0.3) is 0 Å². The number of aliphatic hydroxyl groups is 7. The first-order chi connectivity index (χ1) is 16.1. The summed E-state index contributed by atoms with van der Waals surface area (Å²) in [5, 5.41) is 72.0. The van der Waals surface area contributed by atoms with E-state index in [1.165, 1.54) is 0 Å². The van der Waals surface area contributed by atoms with Crippen LogP contribution in [0.2, 0.25) is 0 Å². The molecule has 0 bridgehead atoms. The van der Waals surface area contributed by atoms with Crippen molar-refractivity contribution >= 4 is 17.7 Å². The van der Waals surface area contributed by atoms with Crippen molar-refractivity contribution in [1.82, 2.24) is 10.2 Å². The van der Waals surface area contributed by atoms with Crippen LogP contribution in [0.15, 0.2) is 12.2 Å². The number of amides is 3. The van der Waals surface area contributed by atoms with E-state index >= 15 is 0 Å². The molecule has 34 heavy (non-hydrogen) atoms. The van der Waals surface area contributed by atoms with Crippen molar-refractivity contribution in [3.05, 3.63) is 12.2 Å². The summed E-state index contributed by atoms with van der Waals surface area (Å²) in [5.74, 6) is -1.87. The molecule has 2 fully saturated rings. The average Bonchev–Trinajstić information content (AvgIpc) is 3.14. The third-order valence-corrected chi connectivity index (χ3v) is 5.77. The minimum Gasteiger partial charge on any atom is -0.394 e. The predicted molar refractivity (Wildman–Crippen MR) is 105 cm³/mol. The third kappa shape index (κ3) is 5.44. The molecule has 15 nitrogen and oxygen atoms in total. The van der Waals surface area contributed by atoms with Gasteiger partial charge in [0.25, 0.3) is 11.8 Å². The van der Waals surface area contributed by atoms with E-state index in [1.54, 1.807) is 0 Å². The molecular weight excluding hydrogens is 464 g/mol. The Balaban J connectivity index is 1.60. The number of nitrogens with zero attached hydrogens (tertiary/aromatic N) is 1. The van der Waals surface area contributed by atoms with Gasteiger partial charge in [-0.1, -0.05) is 0 Å². The van der Waals surface area contributed by atoms with E-state index in [0.717, 1.165) is 17.1 Å². The zero-order valence-corrected chi connectivity index (χ0v) is 17.8. The van der Waals surface area contributed by atoms with Crippen LogP contribution >= 0.6 is 0 Å². The van der Waals surface area contributed by atoms with Crippen LogP contribution in [-0.2, 0) is 28.6 Å². The fourth-order valence-electron chi connectivity index (χ4n) is 3.80. The molecule has 2 saturated heterocycles. The number of ether oxygens (including phenoxy) is 3. The number of aliphatic hydroxyl groups excluding tert-OH is 7. The zero-order chi connectivity index (χ0) is 25.2. The molecule has 0 aliphatic carbocycles. The first-order valence-corrected chi connectivity index (χ1v) is 10.5. The number of imide groups is 1. The largest absolute Gasteiger partial charge is 0.394 e. The second-order valence-corrected chi connectivity index (χ2v) is 8.04. The van der Waals surface area contributed by atoms with Crippen molar-refractivity contribution in [2.45, 2.75) is 67.8 Å². The topological polar surface area (TPSA) is 236 Å². The first kappa shape index (κ1) is 26.6. The van der Waals surface area contributed by atoms with Gasteiger partial charge in [0.2, 0.25) is 5.91 Å². The number of carbonyl (C=O) groups excluding carboxylic acids is 3. The van der Waals surface area contributed by atoms with Gasteiger partial charge in [0.15, 0.2) is 12.5 Å². The van der Waals surface area contributed by atoms with E-state index in [1.807, 2.05) is 0 Å². The minimum atomic E-state index is -1.80. The van der Waals surface area contributed by atoms with E-state index in [-0.39, 0.29) is 13.0 Å². The molecule has 3 rings (SSSR count). The Hall–Kier alpha value is -2.05. The summed E-state index contributed by atoms with van der Waals surface area (Å²) in [4.78, 5) is 36.2. The molecule has 3 aliphatic heterocycles. The second-order valence-electron chi connectivity index (χ2n) is 8.04. The maximum absolute atomic E-state index is 12.2. The Morgan fingerprint density at radius 2 is 1.50 bits per heavy atom. The summed E-state index contributed by atoms with van der Waals surface area (Å²) in [7, 11) is 0. The number of nitrogens with one attached hydrogen (secondary N) is 1. The predicted octanol–water partition coefficient (Wildman–Crippen LogP) is -5.96. The quantitative estimate of drug-likeness (QED) is 0.148. The Morgan fingerprint density at radius 1 is 0.882 bits per heavy atom. The molecule has 0 aromatic rings. The minimum absolute atomic E-state index is 0.228. The highest BCUT2D eigenvalue weighted by Gasteiger charge is 2.50. The molecule has 192 valence electrons. The lowest BCUT2D eigenvalue weighted by atomic mass is 9.96. The molecule has 0 spiro atoms. The molecule has 3 heterocycles. The van der Waals surface area contributed by atoms with E-state index in [0.29, 0.717) is 0 Å². The fraction of sp³-hybridized carbons (Fsp3) is 0.737. The highest BCUT2D eigenvalue weighted by molar-refractivity contribution is 6.13. The second kappa shape index (κ2) is 11.1. The molecule has 3 amide bonds. The molecule has 8 N–H and O–H groups in total. The molecular formula is C19H28N2O13. The Bertz CT molecular complexity index is 772. The number of carbonyl (C=O) groups is 3. The molecule has 15 heteroatoms. The summed E-state index contributed by atoms with van der Waals surface area (Å²) in [5.41, 5.74) is 0. The van der Waals surface area contributed by atoms with Crippen LogP contribution < -0.4 is 5.32 Å². The standard InChI is InChI=1S/C19H28N2O13/c22-5-7-12(27)13(28)16(31)19(33-7)34-17-8(6-23)32-18(15(30)14(17)29)20-9(24)3-4-21-10(25)1-2-11(21)26/h1-2,7-8,12-19,22-23,27-31H,3-6H2,(H,20,24)/t7-,8-,12+,13+,14-,15-,16-,17-,18?,19+/m1/s1. The van der Waals surface area contributed by atoms with E-state index in [9.17, 15) is 50.1 Å². The van der Waals surface area contributed by atoms with Crippen molar-refractivity contribution in [2.24, 2.45) is 0 Å². The Kier molecular flexibility index (Phi) is 8.69. The maximum atomic E-state index is 12.2. The van der Waals surface area contributed by atoms with E-state index in [2.05, 4.69) is 5.32 Å². The van der Waals surface area contributed by atoms with Crippen LogP contribution in [0.3, 0.4) is 0 Å². The first-order valence-electron chi connectivity index (χ1n) is 10.5. The van der Waals surface area contributed by atoms with Crippen molar-refractivity contribution in [2.75, 3.05) is 19.8 Å². The summed E-state index contributed by atoms with van der Waals surface area (Å²) in [6.45, 7) is -1.71. The van der Waals surface area contributed by atoms with Gasteiger partial charge in [-0.2, -0.15) is 0 Å². The van der Waals surface area contributed by atoms with Gasteiger partial charge in [0, 0.05) is 25.1 Å². The van der Waals surface area contributed by atoms with Gasteiger partial charge < -0.3 is 55.3 Å². The van der Waals surface area contributed by atoms with Crippen molar-refractivity contribution in [3.8, 4) is 0 Å². The fourth-order valence-corrected chi connectivity index (χ4v) is 3.80. The van der Waals surface area contributed by atoms with Gasteiger partial charge in [-0.25, -0.2) is 0 Å². The Morgan fingerprint density at radius 3 is 2.09 bits per heavy atom. The molecule has 0 aromatic carbocycles. The number of rotatable bonds is 8. The SMILES string of the molecule is O=C(CCN1C(=O)C=CC1=O)NC1O[C@H](CO)[C@@H](O[C@@H]2O[C@H](CO)[C@H](O)[C@H](O)[C@H]2O)[C@H](O)[C@H]1O. The summed E-state index contributed by atoms with van der Waals surface area (Å²) in [6, 6.07) is 0. The van der Waals surface area contributed by atoms with Crippen LogP contribution in [0.5, 0.6) is 0 Å². The Labute approximate surface area is 192 Å². The van der Waals surface area contributed by atoms with Crippen molar-refractivity contribution in [1.29, 1.82) is 0 Å². The molecule has 10 atom stereocenters. The lowest BCUT2D eigenvalue weighted by Gasteiger charge is -2.46. The molecule has 3 aliphatic rings. The molecule has 0 saturated carbocycles. The van der Waals surface area contributed by atoms with Gasteiger partial charge in [-0.3, -0.25) is 19.3 Å². The van der Waals surface area contributed by atoms with Gasteiger partial charge in [-0.05, 0) is 0 Å². The van der Waals surface area contributed by atoms with Crippen molar-refractivity contribution in [3.63, 3.8) is 0 Å². The average molecular weight is 492 g/mol. The highest BCUT2D eigenvalue weighted by Crippen LogP contribution is 2.28. The maximum Gasteiger partial charge on any atom is 0.253 e. The lowest BCUT2D eigenvalue weighted by Crippen LogP contribution is -2.66. The van der Waals surface area contributed by atoms with Crippen molar-refractivity contribution < 1.29 is 64.3 Å². The van der Waals surface area contributed by atoms with E-state index in [4.69, 9.17) is 14.2 Å². The lowest BCUT2D eigenvalue weighted by molar-refractivity contribution is -0.343. The smallest absolute Gasteiger partial charge is 0.253 e. The van der Waals surface area contributed by atoms with Crippen LogP contribution in [0.4, 0.5) is 0 Å². The third-order valence-electron chi connectivity index (χ3n) is 5.77. The summed E-state index contributed by atoms with van der Waals surface area (Å²) >= 11 is 0. The van der Waals surface area contributed by atoms with Gasteiger partial charge in [-0.15, -0.1) is 0 Å².